The van der Waals surface area contributed by atoms with Crippen molar-refractivity contribution in [2.45, 2.75) is 19.4 Å². The first-order chi connectivity index (χ1) is 12.1. The second-order valence-electron chi connectivity index (χ2n) is 6.14. The summed E-state index contributed by atoms with van der Waals surface area (Å²) in [4.78, 5) is 28.1. The van der Waals surface area contributed by atoms with Gasteiger partial charge in [0.15, 0.2) is 6.61 Å². The molecule has 2 aromatic rings. The number of hydrogen-bond donors (Lipinski definition) is 0. The lowest BCUT2D eigenvalue weighted by atomic mass is 10.1. The van der Waals surface area contributed by atoms with E-state index in [0.717, 1.165) is 11.3 Å². The summed E-state index contributed by atoms with van der Waals surface area (Å²) >= 11 is 0. The second-order valence-corrected chi connectivity index (χ2v) is 6.14. The molecule has 5 heteroatoms. The quantitative estimate of drug-likeness (QED) is 0.842. The van der Waals surface area contributed by atoms with Crippen molar-refractivity contribution < 1.29 is 14.3 Å². The van der Waals surface area contributed by atoms with Crippen LogP contribution in [0, 0.1) is 0 Å². The molecule has 130 valence electrons. The van der Waals surface area contributed by atoms with Crippen LogP contribution in [0.5, 0.6) is 5.75 Å². The third-order valence-electron chi connectivity index (χ3n) is 4.61. The number of rotatable bonds is 5. The zero-order valence-corrected chi connectivity index (χ0v) is 14.5. The maximum atomic E-state index is 12.6. The monoisotopic (exact) mass is 338 g/mol. The zero-order valence-electron chi connectivity index (χ0n) is 14.5. The predicted molar refractivity (Wildman–Crippen MR) is 96.5 cm³/mol. The Balaban J connectivity index is 1.65. The predicted octanol–water partition coefficient (Wildman–Crippen LogP) is 3.02. The zero-order chi connectivity index (χ0) is 17.8. The van der Waals surface area contributed by atoms with Crippen LogP contribution in [0.15, 0.2) is 54.6 Å². The van der Waals surface area contributed by atoms with Crippen molar-refractivity contribution in [2.24, 2.45) is 0 Å². The summed E-state index contributed by atoms with van der Waals surface area (Å²) < 4.78 is 5.43. The Labute approximate surface area is 147 Å². The lowest BCUT2D eigenvalue weighted by Gasteiger charge is -2.30. The number of benzene rings is 2. The summed E-state index contributed by atoms with van der Waals surface area (Å²) in [5.74, 6) is 0.568. The van der Waals surface area contributed by atoms with Gasteiger partial charge in [-0.3, -0.25) is 9.59 Å². The van der Waals surface area contributed by atoms with Crippen molar-refractivity contribution in [3.8, 4) is 5.75 Å². The van der Waals surface area contributed by atoms with Crippen LogP contribution in [0.1, 0.15) is 24.9 Å². The average molecular weight is 338 g/mol. The summed E-state index contributed by atoms with van der Waals surface area (Å²) in [6.45, 7) is 2.37. The molecule has 0 bridgehead atoms. The van der Waals surface area contributed by atoms with Gasteiger partial charge < -0.3 is 14.5 Å². The van der Waals surface area contributed by atoms with E-state index in [-0.39, 0.29) is 30.9 Å². The van der Waals surface area contributed by atoms with Gasteiger partial charge in [-0.15, -0.1) is 0 Å². The minimum atomic E-state index is -0.120. The van der Waals surface area contributed by atoms with Crippen LogP contribution >= 0.6 is 0 Å². The van der Waals surface area contributed by atoms with Gasteiger partial charge in [0.25, 0.3) is 5.91 Å². The lowest BCUT2D eigenvalue weighted by molar-refractivity contribution is -0.131. The minimum absolute atomic E-state index is 0.00752. The fourth-order valence-corrected chi connectivity index (χ4v) is 2.95. The van der Waals surface area contributed by atoms with Gasteiger partial charge in [-0.2, -0.15) is 0 Å². The molecule has 1 atom stereocenters. The summed E-state index contributed by atoms with van der Waals surface area (Å²) in [6, 6.07) is 17.3. The first kappa shape index (κ1) is 17.0. The van der Waals surface area contributed by atoms with Crippen molar-refractivity contribution in [3.05, 3.63) is 60.2 Å². The number of carbonyl (C=O) groups is 2. The molecule has 1 aliphatic heterocycles. The fourth-order valence-electron chi connectivity index (χ4n) is 2.95. The van der Waals surface area contributed by atoms with Gasteiger partial charge in [-0.1, -0.05) is 42.5 Å². The van der Waals surface area contributed by atoms with Gasteiger partial charge in [0.1, 0.15) is 5.75 Å². The largest absolute Gasteiger partial charge is 0.482 e. The maximum absolute atomic E-state index is 12.6. The van der Waals surface area contributed by atoms with Crippen molar-refractivity contribution in [3.63, 3.8) is 0 Å². The van der Waals surface area contributed by atoms with E-state index in [1.807, 2.05) is 61.5 Å². The number of ether oxygens (including phenoxy) is 1. The van der Waals surface area contributed by atoms with Gasteiger partial charge in [-0.25, -0.2) is 0 Å². The second kappa shape index (κ2) is 7.38. The average Bonchev–Trinajstić information content (AvgIpc) is 2.66. The summed E-state index contributed by atoms with van der Waals surface area (Å²) in [6.07, 6.45) is 0.272. The molecule has 2 aromatic carbocycles. The van der Waals surface area contributed by atoms with E-state index in [1.165, 1.54) is 0 Å². The van der Waals surface area contributed by atoms with E-state index in [0.29, 0.717) is 12.3 Å². The first-order valence-electron chi connectivity index (χ1n) is 8.40. The minimum Gasteiger partial charge on any atom is -0.482 e. The normalized spacial score (nSPS) is 14.5. The van der Waals surface area contributed by atoms with Crippen LogP contribution in [0.2, 0.25) is 0 Å². The molecule has 5 nitrogen and oxygen atoms in total. The summed E-state index contributed by atoms with van der Waals surface area (Å²) in [5, 5.41) is 0. The molecule has 0 saturated heterocycles. The van der Waals surface area contributed by atoms with Gasteiger partial charge in [0.2, 0.25) is 5.91 Å². The number of para-hydroxylation sites is 2. The van der Waals surface area contributed by atoms with Crippen molar-refractivity contribution in [2.75, 3.05) is 25.1 Å². The number of nitrogens with zero attached hydrogens (tertiary/aromatic N) is 2. The Morgan fingerprint density at radius 2 is 1.84 bits per heavy atom. The van der Waals surface area contributed by atoms with E-state index in [1.54, 1.807) is 16.8 Å². The molecular formula is C20H22N2O3. The van der Waals surface area contributed by atoms with Crippen molar-refractivity contribution in [1.82, 2.24) is 4.90 Å². The Hall–Kier alpha value is -2.82. The SMILES string of the molecule is C[C@H](c1ccccc1)N(C)C(=O)CCN1C(=O)COc2ccccc21. The molecule has 0 N–H and O–H groups in total. The van der Waals surface area contributed by atoms with Gasteiger partial charge in [0.05, 0.1) is 11.7 Å². The van der Waals surface area contributed by atoms with Crippen LogP contribution in [0.3, 0.4) is 0 Å². The molecule has 0 radical (unpaired) electrons. The Morgan fingerprint density at radius 1 is 1.16 bits per heavy atom. The molecule has 0 spiro atoms. The highest BCUT2D eigenvalue weighted by molar-refractivity contribution is 5.98. The van der Waals surface area contributed by atoms with Crippen LogP contribution < -0.4 is 9.64 Å². The van der Waals surface area contributed by atoms with E-state index < -0.39 is 0 Å². The van der Waals surface area contributed by atoms with Gasteiger partial charge in [-0.05, 0) is 24.6 Å². The smallest absolute Gasteiger partial charge is 0.265 e. The molecule has 1 aliphatic rings. The number of anilines is 1. The van der Waals surface area contributed by atoms with Crippen molar-refractivity contribution >= 4 is 17.5 Å². The number of carbonyl (C=O) groups excluding carboxylic acids is 2. The number of fused-ring (bicyclic) bond motifs is 1. The number of amides is 2. The molecule has 1 heterocycles. The Bertz CT molecular complexity index is 761. The Kier molecular flexibility index (Phi) is 5.03. The highest BCUT2D eigenvalue weighted by Crippen LogP contribution is 2.31. The molecule has 0 aromatic heterocycles. The van der Waals surface area contributed by atoms with E-state index >= 15 is 0 Å². The summed E-state index contributed by atoms with van der Waals surface area (Å²) in [5.41, 5.74) is 1.82. The van der Waals surface area contributed by atoms with Gasteiger partial charge in [0, 0.05) is 20.0 Å². The molecule has 0 aliphatic carbocycles. The molecule has 3 rings (SSSR count). The lowest BCUT2D eigenvalue weighted by Crippen LogP contribution is -2.41. The van der Waals surface area contributed by atoms with Crippen LogP contribution in [0.4, 0.5) is 5.69 Å². The van der Waals surface area contributed by atoms with Crippen molar-refractivity contribution in [1.29, 1.82) is 0 Å². The topological polar surface area (TPSA) is 49.9 Å². The van der Waals surface area contributed by atoms with E-state index in [2.05, 4.69) is 0 Å². The van der Waals surface area contributed by atoms with E-state index in [9.17, 15) is 9.59 Å². The highest BCUT2D eigenvalue weighted by Gasteiger charge is 2.26. The van der Waals surface area contributed by atoms with Crippen LogP contribution in [-0.2, 0) is 9.59 Å². The molecule has 0 fully saturated rings. The third-order valence-corrected chi connectivity index (χ3v) is 4.61. The molecule has 0 unspecified atom stereocenters. The number of hydrogen-bond acceptors (Lipinski definition) is 3. The third kappa shape index (κ3) is 3.65. The molecule has 0 saturated carbocycles. The molecule has 2 amide bonds. The highest BCUT2D eigenvalue weighted by atomic mass is 16.5. The Morgan fingerprint density at radius 3 is 2.60 bits per heavy atom. The standard InChI is InChI=1S/C20H22N2O3/c1-15(16-8-4-3-5-9-16)21(2)19(23)12-13-22-17-10-6-7-11-18(17)25-14-20(22)24/h3-11,15H,12-14H2,1-2H3/t15-/m1/s1. The summed E-state index contributed by atoms with van der Waals surface area (Å²) in [7, 11) is 1.80. The fraction of sp³-hybridized carbons (Fsp3) is 0.300. The first-order valence-corrected chi connectivity index (χ1v) is 8.40. The van der Waals surface area contributed by atoms with Crippen LogP contribution in [0.25, 0.3) is 0 Å². The van der Waals surface area contributed by atoms with Crippen LogP contribution in [-0.4, -0.2) is 36.9 Å². The molecule has 25 heavy (non-hydrogen) atoms. The maximum Gasteiger partial charge on any atom is 0.265 e. The molecular weight excluding hydrogens is 316 g/mol. The van der Waals surface area contributed by atoms with Gasteiger partial charge >= 0.3 is 0 Å². The van der Waals surface area contributed by atoms with E-state index in [4.69, 9.17) is 4.74 Å².